The van der Waals surface area contributed by atoms with Crippen LogP contribution < -0.4 is 4.74 Å². The first-order valence-electron chi connectivity index (χ1n) is 4.01. The smallest absolute Gasteiger partial charge is 0.414 e. The van der Waals surface area contributed by atoms with Gasteiger partial charge in [-0.15, -0.1) is 0 Å². The summed E-state index contributed by atoms with van der Waals surface area (Å²) >= 11 is 0. The highest BCUT2D eigenvalue weighted by Gasteiger charge is 2.25. The number of hydrogen-bond donors (Lipinski definition) is 0. The van der Waals surface area contributed by atoms with Crippen LogP contribution in [0, 0.1) is 16.0 Å². The van der Waals surface area contributed by atoms with Gasteiger partial charge in [0.25, 0.3) is 0 Å². The van der Waals surface area contributed by atoms with Gasteiger partial charge in [0.2, 0.25) is 0 Å². The predicted octanol–water partition coefficient (Wildman–Crippen LogP) is 0.820. The van der Waals surface area contributed by atoms with Gasteiger partial charge in [-0.25, -0.2) is 0 Å². The summed E-state index contributed by atoms with van der Waals surface area (Å²) in [5, 5.41) is 10.4. The van der Waals surface area contributed by atoms with E-state index in [0.717, 1.165) is 6.54 Å². The second-order valence-electron chi connectivity index (χ2n) is 3.21. The first-order chi connectivity index (χ1) is 6.16. The Balaban J connectivity index is 2.33. The Morgan fingerprint density at radius 2 is 2.62 bits per heavy atom. The fraction of sp³-hybridized carbons (Fsp3) is 0.571. The average molecular weight is 183 g/mol. The van der Waals surface area contributed by atoms with Gasteiger partial charge in [-0.1, -0.05) is 6.92 Å². The van der Waals surface area contributed by atoms with Gasteiger partial charge in [-0.2, -0.15) is 0 Å². The molecule has 6 heteroatoms. The van der Waals surface area contributed by atoms with Crippen LogP contribution >= 0.6 is 0 Å². The second kappa shape index (κ2) is 2.72. The monoisotopic (exact) mass is 183 g/mol. The third-order valence-electron chi connectivity index (χ3n) is 1.92. The van der Waals surface area contributed by atoms with Crippen LogP contribution in [0.3, 0.4) is 0 Å². The normalized spacial score (nSPS) is 20.5. The zero-order valence-corrected chi connectivity index (χ0v) is 7.14. The molecular formula is C7H9N3O3. The maximum atomic E-state index is 10.4. The number of fused-ring (bicyclic) bond motifs is 1. The van der Waals surface area contributed by atoms with Gasteiger partial charge in [-0.3, -0.25) is 4.57 Å². The molecular weight excluding hydrogens is 174 g/mol. The average Bonchev–Trinajstić information content (AvgIpc) is 2.46. The van der Waals surface area contributed by atoms with E-state index >= 15 is 0 Å². The zero-order chi connectivity index (χ0) is 9.42. The summed E-state index contributed by atoms with van der Waals surface area (Å²) in [4.78, 5) is 13.6. The van der Waals surface area contributed by atoms with E-state index in [4.69, 9.17) is 4.74 Å². The zero-order valence-electron chi connectivity index (χ0n) is 7.14. The van der Waals surface area contributed by atoms with Crippen LogP contribution in [0.4, 0.5) is 5.82 Å². The summed E-state index contributed by atoms with van der Waals surface area (Å²) in [6, 6.07) is 0.352. The largest absolute Gasteiger partial charge is 0.445 e. The Kier molecular flexibility index (Phi) is 1.68. The van der Waals surface area contributed by atoms with Crippen LogP contribution in [-0.2, 0) is 6.54 Å². The molecule has 0 bridgehead atoms. The molecule has 0 amide bonds. The lowest BCUT2D eigenvalue weighted by Gasteiger charge is -2.17. The van der Waals surface area contributed by atoms with Crippen LogP contribution in [-0.4, -0.2) is 21.1 Å². The fourth-order valence-electron chi connectivity index (χ4n) is 1.32. The lowest BCUT2D eigenvalue weighted by atomic mass is 10.2. The molecule has 1 unspecified atom stereocenters. The van der Waals surface area contributed by atoms with E-state index in [1.165, 1.54) is 6.20 Å². The molecule has 0 N–H and O–H groups in total. The summed E-state index contributed by atoms with van der Waals surface area (Å²) in [5.41, 5.74) is 0. The van der Waals surface area contributed by atoms with Gasteiger partial charge in [0.1, 0.15) is 6.20 Å². The van der Waals surface area contributed by atoms with Crippen molar-refractivity contribution in [2.45, 2.75) is 13.5 Å². The summed E-state index contributed by atoms with van der Waals surface area (Å²) in [7, 11) is 0. The van der Waals surface area contributed by atoms with Crippen molar-refractivity contribution in [3.63, 3.8) is 0 Å². The first-order valence-corrected chi connectivity index (χ1v) is 4.01. The van der Waals surface area contributed by atoms with Gasteiger partial charge >= 0.3 is 11.8 Å². The van der Waals surface area contributed by atoms with Crippen molar-refractivity contribution in [3.8, 4) is 6.01 Å². The Hall–Kier alpha value is -1.59. The summed E-state index contributed by atoms with van der Waals surface area (Å²) < 4.78 is 6.89. The highest BCUT2D eigenvalue weighted by Crippen LogP contribution is 2.22. The van der Waals surface area contributed by atoms with E-state index in [0.29, 0.717) is 18.5 Å². The molecule has 2 rings (SSSR count). The lowest BCUT2D eigenvalue weighted by molar-refractivity contribution is -0.389. The molecule has 13 heavy (non-hydrogen) atoms. The van der Waals surface area contributed by atoms with Crippen molar-refractivity contribution >= 4 is 5.82 Å². The second-order valence-corrected chi connectivity index (χ2v) is 3.21. The van der Waals surface area contributed by atoms with E-state index in [9.17, 15) is 10.1 Å². The van der Waals surface area contributed by atoms with Crippen molar-refractivity contribution < 1.29 is 9.66 Å². The number of imidazole rings is 1. The Morgan fingerprint density at radius 1 is 1.85 bits per heavy atom. The topological polar surface area (TPSA) is 70.2 Å². The minimum Gasteiger partial charge on any atom is -0.445 e. The number of hydrogen-bond acceptors (Lipinski definition) is 4. The van der Waals surface area contributed by atoms with Crippen molar-refractivity contribution in [3.05, 3.63) is 16.3 Å². The maximum Gasteiger partial charge on any atom is 0.414 e. The molecule has 1 aliphatic heterocycles. The molecule has 6 nitrogen and oxygen atoms in total. The van der Waals surface area contributed by atoms with Crippen LogP contribution in [0.15, 0.2) is 6.20 Å². The third-order valence-corrected chi connectivity index (χ3v) is 1.92. The molecule has 2 heterocycles. The van der Waals surface area contributed by atoms with E-state index in [1.54, 1.807) is 4.57 Å². The first kappa shape index (κ1) is 8.03. The molecule has 1 aromatic heterocycles. The predicted molar refractivity (Wildman–Crippen MR) is 43.5 cm³/mol. The number of nitrogens with zero attached hydrogens (tertiary/aromatic N) is 3. The van der Waals surface area contributed by atoms with Crippen molar-refractivity contribution in [1.82, 2.24) is 9.55 Å². The van der Waals surface area contributed by atoms with Crippen LogP contribution in [0.1, 0.15) is 6.92 Å². The molecule has 1 atom stereocenters. The van der Waals surface area contributed by atoms with Crippen molar-refractivity contribution in [1.29, 1.82) is 0 Å². The number of nitro groups is 1. The van der Waals surface area contributed by atoms with E-state index in [2.05, 4.69) is 4.98 Å². The quantitative estimate of drug-likeness (QED) is 0.477. The van der Waals surface area contributed by atoms with E-state index in [-0.39, 0.29) is 5.82 Å². The van der Waals surface area contributed by atoms with E-state index in [1.807, 2.05) is 6.92 Å². The molecule has 0 saturated heterocycles. The van der Waals surface area contributed by atoms with Crippen LogP contribution in [0.2, 0.25) is 0 Å². The Morgan fingerprint density at radius 3 is 3.31 bits per heavy atom. The molecule has 0 radical (unpaired) electrons. The molecule has 70 valence electrons. The van der Waals surface area contributed by atoms with Gasteiger partial charge in [0.15, 0.2) is 0 Å². The SMILES string of the molecule is CC1COc2nc([N+](=O)[O-])cn2C1. The fourth-order valence-corrected chi connectivity index (χ4v) is 1.32. The van der Waals surface area contributed by atoms with Crippen molar-refractivity contribution in [2.24, 2.45) is 5.92 Å². The Bertz CT molecular complexity index is 347. The minimum atomic E-state index is -0.515. The summed E-state index contributed by atoms with van der Waals surface area (Å²) in [5.74, 6) is 0.227. The highest BCUT2D eigenvalue weighted by atomic mass is 16.6. The van der Waals surface area contributed by atoms with Gasteiger partial charge in [-0.05, 0) is 4.92 Å². The molecule has 1 aromatic rings. The molecule has 0 spiro atoms. The molecule has 0 aliphatic carbocycles. The molecule has 0 fully saturated rings. The minimum absolute atomic E-state index is 0.149. The lowest BCUT2D eigenvalue weighted by Crippen LogP contribution is -2.22. The highest BCUT2D eigenvalue weighted by molar-refractivity contribution is 5.21. The maximum absolute atomic E-state index is 10.4. The molecule has 0 aromatic carbocycles. The van der Waals surface area contributed by atoms with Crippen LogP contribution in [0.5, 0.6) is 6.01 Å². The molecule has 1 aliphatic rings. The van der Waals surface area contributed by atoms with Gasteiger partial charge < -0.3 is 14.9 Å². The molecule has 0 saturated carbocycles. The van der Waals surface area contributed by atoms with Crippen molar-refractivity contribution in [2.75, 3.05) is 6.61 Å². The number of ether oxygens (including phenoxy) is 1. The summed E-state index contributed by atoms with van der Waals surface area (Å²) in [6.45, 7) is 3.33. The standard InChI is InChI=1S/C7H9N3O3/c1-5-2-9-3-6(10(11)12)8-7(9)13-4-5/h3,5H,2,4H2,1H3. The third kappa shape index (κ3) is 1.34. The van der Waals surface area contributed by atoms with Crippen LogP contribution in [0.25, 0.3) is 0 Å². The summed E-state index contributed by atoms with van der Waals surface area (Å²) in [6.07, 6.45) is 1.41. The van der Waals surface area contributed by atoms with Gasteiger partial charge in [0, 0.05) is 17.4 Å². The van der Waals surface area contributed by atoms with E-state index < -0.39 is 4.92 Å². The number of aromatic nitrogens is 2. The Labute approximate surface area is 74.3 Å². The number of rotatable bonds is 1. The van der Waals surface area contributed by atoms with Gasteiger partial charge in [0.05, 0.1) is 6.61 Å².